The molecule has 0 amide bonds. The van der Waals surface area contributed by atoms with E-state index in [0.717, 1.165) is 18.1 Å². The molecule has 0 radical (unpaired) electrons. The number of rotatable bonds is 2. The Morgan fingerprint density at radius 1 is 0.966 bits per heavy atom. The summed E-state index contributed by atoms with van der Waals surface area (Å²) in [5, 5.41) is 1.47. The number of hydrogen-bond donors (Lipinski definition) is 0. The van der Waals surface area contributed by atoms with Crippen LogP contribution in [0, 0.1) is 5.92 Å². The van der Waals surface area contributed by atoms with E-state index in [-0.39, 0.29) is 12.4 Å². The zero-order chi connectivity index (χ0) is 19.1. The summed E-state index contributed by atoms with van der Waals surface area (Å²) in [6.07, 6.45) is 11.3. The molecule has 3 aromatic rings. The van der Waals surface area contributed by atoms with Crippen molar-refractivity contribution < 1.29 is 17.1 Å². The van der Waals surface area contributed by atoms with E-state index in [4.69, 9.17) is 9.72 Å². The van der Waals surface area contributed by atoms with Crippen molar-refractivity contribution in [3.8, 4) is 16.9 Å². The lowest BCUT2D eigenvalue weighted by molar-refractivity contribution is -0.00000601. The Morgan fingerprint density at radius 2 is 1.72 bits per heavy atom. The van der Waals surface area contributed by atoms with Crippen molar-refractivity contribution in [2.24, 2.45) is 5.92 Å². The highest BCUT2D eigenvalue weighted by molar-refractivity contribution is 7.19. The lowest BCUT2D eigenvalue weighted by Gasteiger charge is -2.21. The molecule has 2 nitrogen and oxygen atoms in total. The normalized spacial score (nSPS) is 18.9. The molecule has 2 heterocycles. The Hall–Kier alpha value is -1.58. The van der Waals surface area contributed by atoms with Gasteiger partial charge in [-0.2, -0.15) is 0 Å². The number of halogens is 1. The summed E-state index contributed by atoms with van der Waals surface area (Å²) < 4.78 is 5.42. The third-order valence-electron chi connectivity index (χ3n) is 6.60. The molecule has 2 aliphatic rings. The molecular formula is C25H29ClNOS-. The molecule has 0 saturated carbocycles. The Balaban J connectivity index is 0.00000205. The fourth-order valence-electron chi connectivity index (χ4n) is 5.06. The highest BCUT2D eigenvalue weighted by Gasteiger charge is 2.26. The number of aromatic nitrogens is 1. The number of nitrogens with zero attached hydrogens (tertiary/aromatic N) is 1. The summed E-state index contributed by atoms with van der Waals surface area (Å²) in [6, 6.07) is 8.72. The monoisotopic (exact) mass is 426 g/mol. The standard InChI is InChI=1S/C25H29NOS.ClH/c1-16-9-14-20-22(15-16)28-25-24(20)23(17-10-12-18(27-2)13-11-17)19-7-5-3-4-6-8-21(19)26-25;/h10-13,16H,3-9,14-15H2,1-2H3;1H/p-1. The van der Waals surface area contributed by atoms with Crippen molar-refractivity contribution in [2.75, 3.05) is 7.11 Å². The number of methoxy groups -OCH3 is 1. The van der Waals surface area contributed by atoms with Crippen LogP contribution in [-0.2, 0) is 25.7 Å². The van der Waals surface area contributed by atoms with Crippen LogP contribution in [0.3, 0.4) is 0 Å². The molecule has 1 aromatic carbocycles. The van der Waals surface area contributed by atoms with Gasteiger partial charge in [0.05, 0.1) is 7.11 Å². The maximum atomic E-state index is 5.42. The molecule has 5 rings (SSSR count). The van der Waals surface area contributed by atoms with Gasteiger partial charge in [-0.1, -0.05) is 31.9 Å². The van der Waals surface area contributed by atoms with Gasteiger partial charge >= 0.3 is 0 Å². The topological polar surface area (TPSA) is 22.1 Å². The van der Waals surface area contributed by atoms with E-state index in [9.17, 15) is 0 Å². The first kappa shape index (κ1) is 20.7. The maximum absolute atomic E-state index is 5.42. The average Bonchev–Trinajstić information content (AvgIpc) is 3.04. The molecule has 2 aliphatic carbocycles. The number of ether oxygens (including phenoxy) is 1. The first-order chi connectivity index (χ1) is 13.7. The first-order valence-electron chi connectivity index (χ1n) is 10.8. The van der Waals surface area contributed by atoms with Crippen molar-refractivity contribution in [3.05, 3.63) is 46.0 Å². The Labute approximate surface area is 184 Å². The quantitative estimate of drug-likeness (QED) is 0.622. The van der Waals surface area contributed by atoms with Gasteiger partial charge in [-0.25, -0.2) is 4.98 Å². The summed E-state index contributed by atoms with van der Waals surface area (Å²) in [5.41, 5.74) is 7.31. The van der Waals surface area contributed by atoms with Gasteiger partial charge in [0.2, 0.25) is 0 Å². The lowest BCUT2D eigenvalue weighted by atomic mass is 9.84. The second-order valence-corrected chi connectivity index (χ2v) is 9.67. The fourth-order valence-corrected chi connectivity index (χ4v) is 6.47. The van der Waals surface area contributed by atoms with Crippen molar-refractivity contribution >= 4 is 21.6 Å². The van der Waals surface area contributed by atoms with Crippen molar-refractivity contribution in [3.63, 3.8) is 0 Å². The minimum absolute atomic E-state index is 0. The van der Waals surface area contributed by atoms with Gasteiger partial charge in [0.25, 0.3) is 0 Å². The third kappa shape index (κ3) is 3.80. The van der Waals surface area contributed by atoms with Crippen molar-refractivity contribution in [2.45, 2.75) is 64.7 Å². The second-order valence-electron chi connectivity index (χ2n) is 8.59. The van der Waals surface area contributed by atoms with Gasteiger partial charge in [0.1, 0.15) is 10.6 Å². The van der Waals surface area contributed by atoms with Crippen molar-refractivity contribution in [1.29, 1.82) is 0 Å². The van der Waals surface area contributed by atoms with E-state index in [1.54, 1.807) is 17.6 Å². The zero-order valence-corrected chi connectivity index (χ0v) is 19.0. The zero-order valence-electron chi connectivity index (χ0n) is 17.4. The molecule has 0 saturated heterocycles. The van der Waals surface area contributed by atoms with Gasteiger partial charge in [-0.3, -0.25) is 0 Å². The van der Waals surface area contributed by atoms with Gasteiger partial charge in [-0.15, -0.1) is 11.3 Å². The van der Waals surface area contributed by atoms with Crippen LogP contribution in [-0.4, -0.2) is 12.1 Å². The summed E-state index contributed by atoms with van der Waals surface area (Å²) >= 11 is 1.97. The number of benzene rings is 1. The number of pyridine rings is 1. The average molecular weight is 427 g/mol. The summed E-state index contributed by atoms with van der Waals surface area (Å²) in [6.45, 7) is 2.39. The van der Waals surface area contributed by atoms with E-state index < -0.39 is 0 Å². The first-order valence-corrected chi connectivity index (χ1v) is 11.7. The summed E-state index contributed by atoms with van der Waals surface area (Å²) in [7, 11) is 1.74. The Kier molecular flexibility index (Phi) is 6.17. The molecule has 1 atom stereocenters. The molecule has 0 aliphatic heterocycles. The maximum Gasteiger partial charge on any atom is 0.124 e. The van der Waals surface area contributed by atoms with Gasteiger partial charge in [-0.05, 0) is 85.3 Å². The molecule has 4 heteroatoms. The van der Waals surface area contributed by atoms with Crippen LogP contribution in [0.4, 0.5) is 0 Å². The van der Waals surface area contributed by atoms with Crippen molar-refractivity contribution in [1.82, 2.24) is 4.98 Å². The molecule has 29 heavy (non-hydrogen) atoms. The number of fused-ring (bicyclic) bond motifs is 4. The number of thiophene rings is 1. The molecule has 154 valence electrons. The van der Waals surface area contributed by atoms with Gasteiger partial charge < -0.3 is 17.1 Å². The predicted octanol–water partition coefficient (Wildman–Crippen LogP) is 3.76. The smallest absolute Gasteiger partial charge is 0.124 e. The SMILES string of the molecule is COc1ccc(-c2c3c(nc4sc5c(c24)CCC(C)C5)CCCCCC3)cc1.[Cl-]. The third-order valence-corrected chi connectivity index (χ3v) is 7.75. The molecule has 1 unspecified atom stereocenters. The summed E-state index contributed by atoms with van der Waals surface area (Å²) in [4.78, 5) is 8.13. The summed E-state index contributed by atoms with van der Waals surface area (Å²) in [5.74, 6) is 1.73. The van der Waals surface area contributed by atoms with E-state index in [1.807, 2.05) is 11.3 Å². The van der Waals surface area contributed by atoms with Crippen LogP contribution in [0.2, 0.25) is 0 Å². The minimum atomic E-state index is 0. The minimum Gasteiger partial charge on any atom is -1.00 e. The highest BCUT2D eigenvalue weighted by Crippen LogP contribution is 2.45. The van der Waals surface area contributed by atoms with Crippen LogP contribution in [0.25, 0.3) is 21.3 Å². The number of hydrogen-bond acceptors (Lipinski definition) is 3. The van der Waals surface area contributed by atoms with E-state index in [0.29, 0.717) is 0 Å². The Bertz CT molecular complexity index is 1010. The lowest BCUT2D eigenvalue weighted by Crippen LogP contribution is -3.00. The molecule has 2 aromatic heterocycles. The predicted molar refractivity (Wildman–Crippen MR) is 119 cm³/mol. The van der Waals surface area contributed by atoms with Crippen LogP contribution in [0.15, 0.2) is 24.3 Å². The second kappa shape index (κ2) is 8.65. The van der Waals surface area contributed by atoms with Crippen LogP contribution in [0.5, 0.6) is 5.75 Å². The highest BCUT2D eigenvalue weighted by atomic mass is 35.5. The van der Waals surface area contributed by atoms with E-state index >= 15 is 0 Å². The van der Waals surface area contributed by atoms with Gasteiger partial charge in [0, 0.05) is 16.0 Å². The van der Waals surface area contributed by atoms with Crippen LogP contribution in [0.1, 0.15) is 60.7 Å². The molecule has 0 fully saturated rings. The van der Waals surface area contributed by atoms with Crippen LogP contribution >= 0.6 is 11.3 Å². The van der Waals surface area contributed by atoms with Crippen LogP contribution < -0.4 is 17.1 Å². The van der Waals surface area contributed by atoms with E-state index in [1.165, 1.54) is 84.0 Å². The Morgan fingerprint density at radius 3 is 2.48 bits per heavy atom. The molecule has 0 N–H and O–H groups in total. The van der Waals surface area contributed by atoms with Gasteiger partial charge in [0.15, 0.2) is 0 Å². The fraction of sp³-hybridized carbons (Fsp3) is 0.480. The largest absolute Gasteiger partial charge is 1.00 e. The molecule has 0 bridgehead atoms. The molecule has 0 spiro atoms. The van der Waals surface area contributed by atoms with E-state index in [2.05, 4.69) is 31.2 Å². The number of aryl methyl sites for hydroxylation is 2. The molecular weight excluding hydrogens is 398 g/mol.